The number of aliphatic hydroxyl groups excluding tert-OH is 1. The van der Waals surface area contributed by atoms with Crippen LogP contribution < -0.4 is 16.2 Å². The van der Waals surface area contributed by atoms with Crippen LogP contribution in [0.4, 0.5) is 0 Å². The first-order chi connectivity index (χ1) is 15.6. The summed E-state index contributed by atoms with van der Waals surface area (Å²) in [5, 5.41) is 16.6. The minimum Gasteiger partial charge on any atom is -0.396 e. The lowest BCUT2D eigenvalue weighted by atomic mass is 9.88. The van der Waals surface area contributed by atoms with Gasteiger partial charge in [-0.2, -0.15) is 0 Å². The molecular weight excluding hydrogens is 406 g/mol. The molecule has 0 bridgehead atoms. The third kappa shape index (κ3) is 3.41. The number of aliphatic hydroxyl groups is 1. The van der Waals surface area contributed by atoms with E-state index < -0.39 is 6.04 Å². The lowest BCUT2D eigenvalue weighted by Gasteiger charge is -2.23. The molecule has 0 spiro atoms. The summed E-state index contributed by atoms with van der Waals surface area (Å²) in [7, 11) is 0. The van der Waals surface area contributed by atoms with Crippen molar-refractivity contribution in [3.63, 3.8) is 0 Å². The van der Waals surface area contributed by atoms with Gasteiger partial charge >= 0.3 is 0 Å². The van der Waals surface area contributed by atoms with Crippen molar-refractivity contribution in [3.8, 4) is 11.1 Å². The molecule has 5 atom stereocenters. The lowest BCUT2D eigenvalue weighted by Crippen LogP contribution is -2.46. The van der Waals surface area contributed by atoms with E-state index in [0.717, 1.165) is 11.3 Å². The number of amides is 1. The average molecular weight is 431 g/mol. The summed E-state index contributed by atoms with van der Waals surface area (Å²) in [5.74, 6) is -0.467. The molecular formula is C24H25N5O3. The monoisotopic (exact) mass is 431 g/mol. The van der Waals surface area contributed by atoms with Crippen molar-refractivity contribution in [1.29, 1.82) is 0 Å². The van der Waals surface area contributed by atoms with E-state index in [1.807, 2.05) is 43.3 Å². The van der Waals surface area contributed by atoms with Crippen LogP contribution in [0, 0.1) is 11.8 Å². The molecule has 0 saturated carbocycles. The third-order valence-corrected chi connectivity index (χ3v) is 6.71. The molecule has 164 valence electrons. The average Bonchev–Trinajstić information content (AvgIpc) is 3.37. The minimum absolute atomic E-state index is 0.0437. The Labute approximate surface area is 185 Å². The van der Waals surface area contributed by atoms with Gasteiger partial charge in [0.2, 0.25) is 5.91 Å². The topological polar surface area (TPSA) is 109 Å². The van der Waals surface area contributed by atoms with E-state index in [1.165, 1.54) is 6.33 Å². The van der Waals surface area contributed by atoms with E-state index in [2.05, 4.69) is 20.6 Å². The molecule has 0 unspecified atom stereocenters. The van der Waals surface area contributed by atoms with E-state index in [1.54, 1.807) is 23.0 Å². The number of hydrogen-bond donors (Lipinski definition) is 3. The van der Waals surface area contributed by atoms with Gasteiger partial charge in [-0.3, -0.25) is 14.9 Å². The molecule has 1 aromatic carbocycles. The Hall–Kier alpha value is -3.36. The van der Waals surface area contributed by atoms with Crippen molar-refractivity contribution in [3.05, 3.63) is 82.8 Å². The molecule has 2 aliphatic heterocycles. The van der Waals surface area contributed by atoms with Crippen molar-refractivity contribution in [2.45, 2.75) is 31.6 Å². The summed E-state index contributed by atoms with van der Waals surface area (Å²) in [5.41, 5.74) is 2.97. The van der Waals surface area contributed by atoms with Crippen LogP contribution in [-0.2, 0) is 11.3 Å². The van der Waals surface area contributed by atoms with Crippen LogP contribution in [0.5, 0.6) is 0 Å². The molecule has 3 aromatic rings. The van der Waals surface area contributed by atoms with Crippen LogP contribution in [0.15, 0.2) is 66.0 Å². The van der Waals surface area contributed by atoms with Crippen molar-refractivity contribution in [1.82, 2.24) is 25.2 Å². The van der Waals surface area contributed by atoms with Gasteiger partial charge in [0.05, 0.1) is 23.7 Å². The molecule has 5 rings (SSSR count). The molecule has 1 saturated heterocycles. The third-order valence-electron chi connectivity index (χ3n) is 6.71. The van der Waals surface area contributed by atoms with Gasteiger partial charge in [0.25, 0.3) is 5.56 Å². The van der Waals surface area contributed by atoms with Crippen LogP contribution >= 0.6 is 0 Å². The Bertz CT molecular complexity index is 1180. The molecule has 3 N–H and O–H groups in total. The number of fused-ring (bicyclic) bond motifs is 3. The number of aromatic nitrogens is 3. The number of hydrogen-bond acceptors (Lipinski definition) is 6. The summed E-state index contributed by atoms with van der Waals surface area (Å²) in [6, 6.07) is 12.7. The Morgan fingerprint density at radius 2 is 1.97 bits per heavy atom. The number of rotatable bonds is 5. The first-order valence-corrected chi connectivity index (χ1v) is 10.8. The summed E-state index contributed by atoms with van der Waals surface area (Å²) in [6.45, 7) is 2.27. The van der Waals surface area contributed by atoms with Crippen molar-refractivity contribution < 1.29 is 9.90 Å². The zero-order valence-electron chi connectivity index (χ0n) is 17.7. The second kappa shape index (κ2) is 8.29. The Morgan fingerprint density at radius 3 is 2.69 bits per heavy atom. The summed E-state index contributed by atoms with van der Waals surface area (Å²) in [6.07, 6.45) is 4.67. The maximum Gasteiger partial charge on any atom is 0.258 e. The first-order valence-electron chi connectivity index (χ1n) is 10.8. The van der Waals surface area contributed by atoms with Crippen molar-refractivity contribution in [2.24, 2.45) is 11.8 Å². The fourth-order valence-corrected chi connectivity index (χ4v) is 5.04. The van der Waals surface area contributed by atoms with Crippen LogP contribution in [0.25, 0.3) is 11.1 Å². The zero-order chi connectivity index (χ0) is 22.2. The van der Waals surface area contributed by atoms with E-state index in [0.29, 0.717) is 17.7 Å². The number of nitrogens with one attached hydrogen (secondary N) is 2. The summed E-state index contributed by atoms with van der Waals surface area (Å²) in [4.78, 5) is 34.2. The fraction of sp³-hybridized carbons (Fsp3) is 0.333. The van der Waals surface area contributed by atoms with Gasteiger partial charge in [-0.1, -0.05) is 30.3 Å². The Balaban J connectivity index is 1.38. The molecule has 2 aliphatic rings. The normalized spacial score (nSPS) is 24.6. The fourth-order valence-electron chi connectivity index (χ4n) is 5.04. The number of pyridine rings is 1. The molecule has 8 heteroatoms. The highest BCUT2D eigenvalue weighted by molar-refractivity contribution is 5.83. The quantitative estimate of drug-likeness (QED) is 0.564. The molecule has 4 heterocycles. The van der Waals surface area contributed by atoms with Crippen LogP contribution in [-0.4, -0.2) is 38.2 Å². The first kappa shape index (κ1) is 20.5. The van der Waals surface area contributed by atoms with Gasteiger partial charge in [-0.15, -0.1) is 0 Å². The van der Waals surface area contributed by atoms with Crippen molar-refractivity contribution >= 4 is 5.91 Å². The van der Waals surface area contributed by atoms with Gasteiger partial charge < -0.3 is 15.0 Å². The summed E-state index contributed by atoms with van der Waals surface area (Å²) < 4.78 is 1.74. The number of carbonyl (C=O) groups excluding carboxylic acids is 1. The van der Waals surface area contributed by atoms with Gasteiger partial charge in [0, 0.05) is 48.6 Å². The SMILES string of the molecule is C[C@@H](NC(=O)[C@H]1N[C@H]2c3ccc(-c4cncnc4)c(=O)n3C[C@H]2[C@@H]1CO)c1ccccc1. The predicted molar refractivity (Wildman–Crippen MR) is 118 cm³/mol. The molecule has 0 aliphatic carbocycles. The van der Waals surface area contributed by atoms with Gasteiger partial charge in [-0.25, -0.2) is 9.97 Å². The smallest absolute Gasteiger partial charge is 0.258 e. The number of carbonyl (C=O) groups is 1. The Morgan fingerprint density at radius 1 is 1.22 bits per heavy atom. The second-order valence-electron chi connectivity index (χ2n) is 8.49. The number of benzene rings is 1. The van der Waals surface area contributed by atoms with E-state index in [9.17, 15) is 14.7 Å². The van der Waals surface area contributed by atoms with Crippen LogP contribution in [0.3, 0.4) is 0 Å². The highest BCUT2D eigenvalue weighted by Gasteiger charge is 2.50. The molecule has 1 fully saturated rings. The summed E-state index contributed by atoms with van der Waals surface area (Å²) >= 11 is 0. The van der Waals surface area contributed by atoms with Crippen LogP contribution in [0.2, 0.25) is 0 Å². The minimum atomic E-state index is -0.521. The van der Waals surface area contributed by atoms with Gasteiger partial charge in [0.1, 0.15) is 6.33 Å². The molecule has 8 nitrogen and oxygen atoms in total. The van der Waals surface area contributed by atoms with Gasteiger partial charge in [0.15, 0.2) is 0 Å². The van der Waals surface area contributed by atoms with E-state index >= 15 is 0 Å². The van der Waals surface area contributed by atoms with E-state index in [4.69, 9.17) is 0 Å². The lowest BCUT2D eigenvalue weighted by molar-refractivity contribution is -0.125. The van der Waals surface area contributed by atoms with E-state index in [-0.39, 0.29) is 42.0 Å². The highest BCUT2D eigenvalue weighted by Crippen LogP contribution is 2.42. The largest absolute Gasteiger partial charge is 0.396 e. The van der Waals surface area contributed by atoms with Gasteiger partial charge in [-0.05, 0) is 24.6 Å². The maximum atomic E-state index is 13.1. The zero-order valence-corrected chi connectivity index (χ0v) is 17.7. The maximum absolute atomic E-state index is 13.1. The molecule has 1 amide bonds. The highest BCUT2D eigenvalue weighted by atomic mass is 16.3. The molecule has 2 aromatic heterocycles. The number of nitrogens with zero attached hydrogens (tertiary/aromatic N) is 3. The Kier molecular flexibility index (Phi) is 5.32. The molecule has 0 radical (unpaired) electrons. The second-order valence-corrected chi connectivity index (χ2v) is 8.49. The molecule has 32 heavy (non-hydrogen) atoms. The van der Waals surface area contributed by atoms with Crippen molar-refractivity contribution in [2.75, 3.05) is 6.61 Å². The van der Waals surface area contributed by atoms with Crippen LogP contribution in [0.1, 0.15) is 30.3 Å². The predicted octanol–water partition coefficient (Wildman–Crippen LogP) is 1.43. The standard InChI is InChI=1S/C24H25N5O3/c1-14(15-5-3-2-4-6-15)27-23(31)22-19(12-30)18-11-29-20(21(18)28-22)8-7-17(24(29)32)16-9-25-13-26-10-16/h2-10,13-14,18-19,21-22,28,30H,11-12H2,1H3,(H,27,31)/t14-,18+,19+,21-,22+/m1/s1.